The zero-order chi connectivity index (χ0) is 27.3. The number of amides is 1. The molecule has 1 unspecified atom stereocenters. The van der Waals surface area contributed by atoms with Crippen molar-refractivity contribution in [3.05, 3.63) is 46.5 Å². The third-order valence-electron chi connectivity index (χ3n) is 5.01. The number of hydrogen-bond donors (Lipinski definition) is 3. The SMILES string of the molecule is Cc1nccc(C(=O)Nc2ccn([C@@H]3O[C@H](CO[P+](=O)N[C@@H](C)C(=O)OC(C)C)[C@@H](O)[C@H]3F)c(=O)n2)n1. The van der Waals surface area contributed by atoms with Gasteiger partial charge in [0.1, 0.15) is 42.2 Å². The van der Waals surface area contributed by atoms with Crippen LogP contribution in [0.15, 0.2) is 29.3 Å². The quantitative estimate of drug-likeness (QED) is 0.284. The van der Waals surface area contributed by atoms with Crippen LogP contribution in [0.1, 0.15) is 43.3 Å². The summed E-state index contributed by atoms with van der Waals surface area (Å²) in [6, 6.07) is 1.69. The Labute approximate surface area is 211 Å². The molecule has 0 radical (unpaired) electrons. The first-order valence-corrected chi connectivity index (χ1v) is 12.4. The predicted octanol–water partition coefficient (Wildman–Crippen LogP) is 0.794. The number of hydrogen-bond acceptors (Lipinski definition) is 11. The van der Waals surface area contributed by atoms with Crippen LogP contribution >= 0.6 is 8.18 Å². The summed E-state index contributed by atoms with van der Waals surface area (Å²) in [6.45, 7) is 5.86. The van der Waals surface area contributed by atoms with Gasteiger partial charge in [0.2, 0.25) is 0 Å². The van der Waals surface area contributed by atoms with Crippen LogP contribution in [-0.4, -0.2) is 73.6 Å². The summed E-state index contributed by atoms with van der Waals surface area (Å²) in [5, 5.41) is 15.0. The molecular weight excluding hydrogens is 514 g/mol. The van der Waals surface area contributed by atoms with Crippen LogP contribution in [0.2, 0.25) is 0 Å². The molecule has 16 heteroatoms. The van der Waals surface area contributed by atoms with E-state index >= 15 is 0 Å². The lowest BCUT2D eigenvalue weighted by molar-refractivity contribution is -0.149. The van der Waals surface area contributed by atoms with Gasteiger partial charge in [-0.15, -0.1) is 4.52 Å². The number of ether oxygens (including phenoxy) is 2. The number of aliphatic hydroxyl groups is 1. The van der Waals surface area contributed by atoms with Gasteiger partial charge in [0.15, 0.2) is 12.4 Å². The number of aryl methyl sites for hydroxylation is 1. The highest BCUT2D eigenvalue weighted by atomic mass is 31.1. The maximum Gasteiger partial charge on any atom is 0.613 e. The fraction of sp³-hybridized carbons (Fsp3) is 0.524. The van der Waals surface area contributed by atoms with Crippen molar-refractivity contribution in [2.24, 2.45) is 0 Å². The fourth-order valence-electron chi connectivity index (χ4n) is 3.23. The van der Waals surface area contributed by atoms with Crippen LogP contribution < -0.4 is 16.1 Å². The second kappa shape index (κ2) is 12.3. The molecule has 3 rings (SSSR count). The lowest BCUT2D eigenvalue weighted by Crippen LogP contribution is -2.34. The molecule has 2 aromatic heterocycles. The highest BCUT2D eigenvalue weighted by molar-refractivity contribution is 7.36. The molecule has 1 saturated heterocycles. The first-order chi connectivity index (χ1) is 17.5. The molecule has 3 N–H and O–H groups in total. The molecule has 6 atom stereocenters. The summed E-state index contributed by atoms with van der Waals surface area (Å²) < 4.78 is 43.2. The van der Waals surface area contributed by atoms with Crippen LogP contribution in [0.25, 0.3) is 0 Å². The summed E-state index contributed by atoms with van der Waals surface area (Å²) in [5.41, 5.74) is -0.894. The summed E-state index contributed by atoms with van der Waals surface area (Å²) in [7, 11) is -2.58. The standard InChI is InChI=1S/C21H26FN6O8P/c1-10(2)35-20(31)11(3)27-37(33)34-9-14-17(29)16(22)19(36-14)28-8-6-15(26-21(28)32)25-18(30)13-5-7-23-12(4)24-13/h5-8,10-11,14,16-17,19,29H,9H2,1-4H3,(H-,25,26,27,30,32,33)/p+1/t11-,14+,16+,17+,19+/m0/s1. The van der Waals surface area contributed by atoms with E-state index in [1.54, 1.807) is 20.8 Å². The molecule has 0 saturated carbocycles. The molecule has 1 aliphatic heterocycles. The summed E-state index contributed by atoms with van der Waals surface area (Å²) in [4.78, 5) is 48.2. The zero-order valence-corrected chi connectivity index (χ0v) is 21.3. The van der Waals surface area contributed by atoms with Gasteiger partial charge in [0, 0.05) is 12.4 Å². The third kappa shape index (κ3) is 7.40. The molecule has 37 heavy (non-hydrogen) atoms. The van der Waals surface area contributed by atoms with E-state index in [1.165, 1.54) is 25.3 Å². The van der Waals surface area contributed by atoms with Crippen LogP contribution in [0, 0.1) is 6.92 Å². The van der Waals surface area contributed by atoms with Gasteiger partial charge in [-0.25, -0.2) is 19.2 Å². The van der Waals surface area contributed by atoms with Gasteiger partial charge in [-0.2, -0.15) is 4.98 Å². The Morgan fingerprint density at radius 2 is 2.03 bits per heavy atom. The second-order valence-corrected chi connectivity index (χ2v) is 9.37. The van der Waals surface area contributed by atoms with E-state index in [-0.39, 0.29) is 17.6 Å². The van der Waals surface area contributed by atoms with Crippen molar-refractivity contribution in [1.29, 1.82) is 0 Å². The van der Waals surface area contributed by atoms with Crippen molar-refractivity contribution < 1.29 is 37.6 Å². The number of nitrogens with zero attached hydrogens (tertiary/aromatic N) is 4. The van der Waals surface area contributed by atoms with E-state index in [0.29, 0.717) is 5.82 Å². The highest BCUT2D eigenvalue weighted by Crippen LogP contribution is 2.32. The van der Waals surface area contributed by atoms with E-state index < -0.39 is 63.0 Å². The number of alkyl halides is 1. The molecule has 14 nitrogen and oxygen atoms in total. The fourth-order valence-corrected chi connectivity index (χ4v) is 4.01. The van der Waals surface area contributed by atoms with Gasteiger partial charge in [0.05, 0.1) is 6.10 Å². The van der Waals surface area contributed by atoms with E-state index in [0.717, 1.165) is 10.8 Å². The van der Waals surface area contributed by atoms with Gasteiger partial charge in [0.25, 0.3) is 5.91 Å². The smallest absolute Gasteiger partial charge is 0.462 e. The van der Waals surface area contributed by atoms with E-state index in [2.05, 4.69) is 25.4 Å². The van der Waals surface area contributed by atoms with Crippen LogP contribution in [0.3, 0.4) is 0 Å². The lowest BCUT2D eigenvalue weighted by Gasteiger charge is -2.16. The Morgan fingerprint density at radius 1 is 1.30 bits per heavy atom. The number of carbonyl (C=O) groups excluding carboxylic acids is 2. The second-order valence-electron chi connectivity index (χ2n) is 8.34. The summed E-state index contributed by atoms with van der Waals surface area (Å²) >= 11 is 0. The van der Waals surface area contributed by atoms with Crippen molar-refractivity contribution in [2.45, 2.75) is 64.4 Å². The average Bonchev–Trinajstić information content (AvgIpc) is 3.10. The van der Waals surface area contributed by atoms with Crippen molar-refractivity contribution >= 4 is 25.9 Å². The molecule has 0 aliphatic carbocycles. The van der Waals surface area contributed by atoms with Crippen LogP contribution in [0.5, 0.6) is 0 Å². The van der Waals surface area contributed by atoms with Crippen LogP contribution in [-0.2, 0) is 23.4 Å². The predicted molar refractivity (Wildman–Crippen MR) is 125 cm³/mol. The Balaban J connectivity index is 1.59. The van der Waals surface area contributed by atoms with Crippen molar-refractivity contribution in [1.82, 2.24) is 24.6 Å². The number of rotatable bonds is 10. The number of aromatic nitrogens is 4. The molecule has 1 aliphatic rings. The summed E-state index contributed by atoms with van der Waals surface area (Å²) in [6.07, 6.45) is -4.38. The first kappa shape index (κ1) is 28.3. The largest absolute Gasteiger partial charge is 0.613 e. The van der Waals surface area contributed by atoms with Crippen molar-refractivity contribution in [3.8, 4) is 0 Å². The monoisotopic (exact) mass is 541 g/mol. The van der Waals surface area contributed by atoms with Gasteiger partial charge < -0.3 is 19.9 Å². The molecule has 0 spiro atoms. The lowest BCUT2D eigenvalue weighted by atomic mass is 10.1. The molecule has 2 aromatic rings. The zero-order valence-electron chi connectivity index (χ0n) is 20.4. The maximum absolute atomic E-state index is 14.8. The number of anilines is 1. The van der Waals surface area contributed by atoms with Crippen LogP contribution in [0.4, 0.5) is 10.2 Å². The normalized spacial score (nSPS) is 22.5. The molecule has 1 fully saturated rings. The number of nitrogens with one attached hydrogen (secondary N) is 2. The Bertz CT molecular complexity index is 1210. The molecule has 0 aromatic carbocycles. The average molecular weight is 541 g/mol. The third-order valence-corrected chi connectivity index (χ3v) is 5.99. The van der Waals surface area contributed by atoms with Gasteiger partial charge in [-0.05, 0) is 44.4 Å². The molecule has 200 valence electrons. The number of aliphatic hydroxyl groups excluding tert-OH is 1. The van der Waals surface area contributed by atoms with Gasteiger partial charge >= 0.3 is 19.8 Å². The van der Waals surface area contributed by atoms with E-state index in [4.69, 9.17) is 14.0 Å². The number of halogens is 1. The van der Waals surface area contributed by atoms with Gasteiger partial charge in [-0.1, -0.05) is 5.09 Å². The molecule has 0 bridgehead atoms. The topological polar surface area (TPSA) is 184 Å². The minimum absolute atomic E-state index is 0.0615. The van der Waals surface area contributed by atoms with Crippen molar-refractivity contribution in [3.63, 3.8) is 0 Å². The number of carbonyl (C=O) groups is 2. The van der Waals surface area contributed by atoms with Crippen molar-refractivity contribution in [2.75, 3.05) is 11.9 Å². The highest BCUT2D eigenvalue weighted by Gasteiger charge is 2.47. The first-order valence-electron chi connectivity index (χ1n) is 11.2. The van der Waals surface area contributed by atoms with E-state index in [1.807, 2.05) is 0 Å². The number of esters is 1. The molecule has 1 amide bonds. The molecular formula is C21H27FN6O8P+. The Morgan fingerprint density at radius 3 is 2.68 bits per heavy atom. The molecule has 3 heterocycles. The maximum atomic E-state index is 14.8. The Kier molecular flexibility index (Phi) is 9.45. The van der Waals surface area contributed by atoms with Gasteiger partial charge in [-0.3, -0.25) is 14.2 Å². The minimum Gasteiger partial charge on any atom is -0.462 e. The summed E-state index contributed by atoms with van der Waals surface area (Å²) in [5.74, 6) is -0.993. The minimum atomic E-state index is -2.58. The Hall–Kier alpha value is -3.23. The van der Waals surface area contributed by atoms with E-state index in [9.17, 15) is 28.4 Å².